The Hall–Kier alpha value is -3.19. The van der Waals surface area contributed by atoms with E-state index >= 15 is 0 Å². The van der Waals surface area contributed by atoms with E-state index in [1.807, 2.05) is 36.6 Å². The molecular formula is C19H18N4O2S. The summed E-state index contributed by atoms with van der Waals surface area (Å²) in [5.41, 5.74) is 2.89. The number of pyridine rings is 1. The van der Waals surface area contributed by atoms with Gasteiger partial charge < -0.3 is 16.0 Å². The molecule has 0 bridgehead atoms. The highest BCUT2D eigenvalue weighted by Crippen LogP contribution is 2.17. The minimum absolute atomic E-state index is 0.174. The number of anilines is 2. The Kier molecular flexibility index (Phi) is 5.60. The maximum absolute atomic E-state index is 12.1. The Balaban J connectivity index is 1.56. The Labute approximate surface area is 155 Å². The maximum Gasteiger partial charge on any atom is 0.319 e. The van der Waals surface area contributed by atoms with Crippen LogP contribution in [-0.4, -0.2) is 16.9 Å². The number of nitrogens with zero attached hydrogens (tertiary/aromatic N) is 1. The summed E-state index contributed by atoms with van der Waals surface area (Å²) in [4.78, 5) is 29.1. The van der Waals surface area contributed by atoms with Crippen molar-refractivity contribution in [1.29, 1.82) is 0 Å². The summed E-state index contributed by atoms with van der Waals surface area (Å²) in [6.45, 7) is 2.24. The van der Waals surface area contributed by atoms with E-state index in [2.05, 4.69) is 20.9 Å². The molecule has 0 fully saturated rings. The average molecular weight is 366 g/mol. The third-order valence-corrected chi connectivity index (χ3v) is 4.37. The molecule has 3 aromatic rings. The van der Waals surface area contributed by atoms with Gasteiger partial charge in [-0.3, -0.25) is 9.78 Å². The largest absolute Gasteiger partial charge is 0.332 e. The van der Waals surface area contributed by atoms with Gasteiger partial charge in [-0.2, -0.15) is 0 Å². The number of hydrogen-bond acceptors (Lipinski definition) is 4. The predicted molar refractivity (Wildman–Crippen MR) is 104 cm³/mol. The molecule has 1 aromatic carbocycles. The number of hydrogen-bond donors (Lipinski definition) is 3. The molecule has 0 saturated heterocycles. The van der Waals surface area contributed by atoms with Crippen molar-refractivity contribution in [2.45, 2.75) is 13.5 Å². The summed E-state index contributed by atoms with van der Waals surface area (Å²) in [6.07, 6.45) is 0. The number of aromatic nitrogens is 1. The van der Waals surface area contributed by atoms with Gasteiger partial charge in [0.15, 0.2) is 0 Å². The molecule has 132 valence electrons. The SMILES string of the molecule is Cc1cccc(CNC(=O)Nc2cccc(NC(=O)c3cccs3)c2)n1. The summed E-state index contributed by atoms with van der Waals surface area (Å²) in [6, 6.07) is 15.9. The first-order valence-electron chi connectivity index (χ1n) is 8.02. The van der Waals surface area contributed by atoms with Crippen molar-refractivity contribution in [2.24, 2.45) is 0 Å². The summed E-state index contributed by atoms with van der Waals surface area (Å²) in [5, 5.41) is 10.2. The Morgan fingerprint density at radius 1 is 1.00 bits per heavy atom. The van der Waals surface area contributed by atoms with Gasteiger partial charge >= 0.3 is 6.03 Å². The van der Waals surface area contributed by atoms with E-state index in [1.165, 1.54) is 11.3 Å². The van der Waals surface area contributed by atoms with Gasteiger partial charge in [0.25, 0.3) is 5.91 Å². The van der Waals surface area contributed by atoms with E-state index in [0.29, 0.717) is 22.8 Å². The number of amides is 3. The molecule has 2 heterocycles. The lowest BCUT2D eigenvalue weighted by atomic mass is 10.2. The lowest BCUT2D eigenvalue weighted by Gasteiger charge is -2.10. The number of aryl methyl sites for hydroxylation is 1. The second kappa shape index (κ2) is 8.26. The first-order valence-corrected chi connectivity index (χ1v) is 8.90. The second-order valence-corrected chi connectivity index (χ2v) is 6.54. The van der Waals surface area contributed by atoms with Crippen LogP contribution in [0.3, 0.4) is 0 Å². The monoisotopic (exact) mass is 366 g/mol. The third kappa shape index (κ3) is 4.90. The number of carbonyl (C=O) groups is 2. The molecule has 0 radical (unpaired) electrons. The average Bonchev–Trinajstić information content (AvgIpc) is 3.15. The zero-order valence-corrected chi connectivity index (χ0v) is 15.0. The number of nitrogens with one attached hydrogen (secondary N) is 3. The summed E-state index contributed by atoms with van der Waals surface area (Å²) < 4.78 is 0. The molecule has 2 aromatic heterocycles. The van der Waals surface area contributed by atoms with Crippen LogP contribution in [0, 0.1) is 6.92 Å². The molecule has 0 unspecified atom stereocenters. The standard InChI is InChI=1S/C19H18N4O2S/c1-13-5-2-8-16(21-13)12-20-19(25)23-15-7-3-6-14(11-15)22-18(24)17-9-4-10-26-17/h2-11H,12H2,1H3,(H,22,24)(H2,20,23,25). The molecule has 0 atom stereocenters. The quantitative estimate of drug-likeness (QED) is 0.638. The fourth-order valence-electron chi connectivity index (χ4n) is 2.32. The van der Waals surface area contributed by atoms with Gasteiger partial charge in [-0.05, 0) is 48.7 Å². The predicted octanol–water partition coefficient (Wildman–Crippen LogP) is 4.03. The summed E-state index contributed by atoms with van der Waals surface area (Å²) >= 11 is 1.37. The first kappa shape index (κ1) is 17.6. The molecule has 3 amide bonds. The Bertz CT molecular complexity index is 909. The number of thiophene rings is 1. The van der Waals surface area contributed by atoms with Crippen LogP contribution in [0.25, 0.3) is 0 Å². The van der Waals surface area contributed by atoms with Gasteiger partial charge in [0.05, 0.1) is 17.1 Å². The van der Waals surface area contributed by atoms with E-state index in [1.54, 1.807) is 30.3 Å². The molecule has 0 aliphatic carbocycles. The first-order chi connectivity index (χ1) is 12.6. The zero-order valence-electron chi connectivity index (χ0n) is 14.2. The number of urea groups is 1. The van der Waals surface area contributed by atoms with Crippen molar-refractivity contribution in [3.8, 4) is 0 Å². The Morgan fingerprint density at radius 2 is 1.77 bits per heavy atom. The summed E-state index contributed by atoms with van der Waals surface area (Å²) in [5.74, 6) is -0.174. The van der Waals surface area contributed by atoms with E-state index in [9.17, 15) is 9.59 Å². The Morgan fingerprint density at radius 3 is 2.50 bits per heavy atom. The lowest BCUT2D eigenvalue weighted by molar-refractivity contribution is 0.103. The summed E-state index contributed by atoms with van der Waals surface area (Å²) in [7, 11) is 0. The van der Waals surface area contributed by atoms with Crippen LogP contribution in [0.5, 0.6) is 0 Å². The van der Waals surface area contributed by atoms with Gasteiger partial charge in [0.2, 0.25) is 0 Å². The van der Waals surface area contributed by atoms with Crippen LogP contribution < -0.4 is 16.0 Å². The van der Waals surface area contributed by atoms with Gasteiger partial charge in [0.1, 0.15) is 0 Å². The smallest absolute Gasteiger partial charge is 0.319 e. The number of rotatable bonds is 5. The van der Waals surface area contributed by atoms with Gasteiger partial charge in [-0.15, -0.1) is 11.3 Å². The van der Waals surface area contributed by atoms with Crippen LogP contribution >= 0.6 is 11.3 Å². The van der Waals surface area contributed by atoms with Gasteiger partial charge in [0, 0.05) is 17.1 Å². The van der Waals surface area contributed by atoms with E-state index in [4.69, 9.17) is 0 Å². The van der Waals surface area contributed by atoms with E-state index < -0.39 is 0 Å². The fraction of sp³-hybridized carbons (Fsp3) is 0.105. The fourth-order valence-corrected chi connectivity index (χ4v) is 2.94. The second-order valence-electron chi connectivity index (χ2n) is 5.59. The highest BCUT2D eigenvalue weighted by molar-refractivity contribution is 7.12. The van der Waals surface area contributed by atoms with Crippen LogP contribution in [0.15, 0.2) is 60.0 Å². The minimum atomic E-state index is -0.338. The van der Waals surface area contributed by atoms with Gasteiger partial charge in [-0.1, -0.05) is 18.2 Å². The van der Waals surface area contributed by atoms with Crippen molar-refractivity contribution < 1.29 is 9.59 Å². The molecule has 0 aliphatic heterocycles. The van der Waals surface area contributed by atoms with Crippen LogP contribution in [0.1, 0.15) is 21.1 Å². The molecule has 6 nitrogen and oxygen atoms in total. The molecular weight excluding hydrogens is 348 g/mol. The van der Waals surface area contributed by atoms with Crippen LogP contribution in [0.4, 0.5) is 16.2 Å². The molecule has 3 N–H and O–H groups in total. The normalized spacial score (nSPS) is 10.2. The molecule has 26 heavy (non-hydrogen) atoms. The number of benzene rings is 1. The molecule has 7 heteroatoms. The van der Waals surface area contributed by atoms with Crippen molar-refractivity contribution in [3.63, 3.8) is 0 Å². The third-order valence-electron chi connectivity index (χ3n) is 3.50. The molecule has 0 saturated carbocycles. The maximum atomic E-state index is 12.1. The minimum Gasteiger partial charge on any atom is -0.332 e. The van der Waals surface area contributed by atoms with E-state index in [0.717, 1.165) is 11.4 Å². The highest BCUT2D eigenvalue weighted by Gasteiger charge is 2.08. The molecule has 3 rings (SSSR count). The van der Waals surface area contributed by atoms with E-state index in [-0.39, 0.29) is 11.9 Å². The molecule has 0 spiro atoms. The zero-order chi connectivity index (χ0) is 18.4. The number of carbonyl (C=O) groups excluding carboxylic acids is 2. The van der Waals surface area contributed by atoms with Gasteiger partial charge in [-0.25, -0.2) is 4.79 Å². The van der Waals surface area contributed by atoms with Crippen molar-refractivity contribution in [3.05, 3.63) is 76.2 Å². The van der Waals surface area contributed by atoms with Crippen molar-refractivity contribution >= 4 is 34.6 Å². The van der Waals surface area contributed by atoms with Crippen LogP contribution in [0.2, 0.25) is 0 Å². The molecule has 0 aliphatic rings. The highest BCUT2D eigenvalue weighted by atomic mass is 32.1. The lowest BCUT2D eigenvalue weighted by Crippen LogP contribution is -2.28. The topological polar surface area (TPSA) is 83.1 Å². The van der Waals surface area contributed by atoms with Crippen molar-refractivity contribution in [2.75, 3.05) is 10.6 Å². The van der Waals surface area contributed by atoms with Crippen LogP contribution in [-0.2, 0) is 6.54 Å². The van der Waals surface area contributed by atoms with Crippen molar-refractivity contribution in [1.82, 2.24) is 10.3 Å².